The van der Waals surface area contributed by atoms with Crippen LogP contribution in [-0.2, 0) is 24.2 Å². The summed E-state index contributed by atoms with van der Waals surface area (Å²) in [6.07, 6.45) is -0.911. The third kappa shape index (κ3) is 8.76. The highest BCUT2D eigenvalue weighted by Gasteiger charge is 2.23. The number of rotatable bonds is 11. The third-order valence-electron chi connectivity index (χ3n) is 6.22. The minimum atomic E-state index is -1.01. The van der Waals surface area contributed by atoms with E-state index in [2.05, 4.69) is 33.2 Å². The van der Waals surface area contributed by atoms with E-state index >= 15 is 0 Å². The number of hydrogen-bond donors (Lipinski definition) is 4. The monoisotopic (exact) mass is 622 g/mol. The average molecular weight is 622 g/mol. The molecule has 0 aliphatic heterocycles. The Morgan fingerprint density at radius 3 is 2.38 bits per heavy atom. The van der Waals surface area contributed by atoms with Crippen molar-refractivity contribution in [2.45, 2.75) is 58.2 Å². The molecule has 3 aromatic carbocycles. The summed E-state index contributed by atoms with van der Waals surface area (Å²) in [5.41, 5.74) is 3.68. The van der Waals surface area contributed by atoms with Gasteiger partial charge in [-0.05, 0) is 100 Å². The number of amides is 1. The highest BCUT2D eigenvalue weighted by molar-refractivity contribution is 14.1. The molecular weight excluding hydrogens is 589 g/mol. The zero-order valence-corrected chi connectivity index (χ0v) is 23.4. The lowest BCUT2D eigenvalue weighted by molar-refractivity contribution is -0.122. The first-order valence-electron chi connectivity index (χ1n) is 12.2. The topological polar surface area (TPSA) is 81.6 Å². The van der Waals surface area contributed by atoms with Crippen LogP contribution in [0.5, 0.6) is 5.75 Å². The molecule has 0 saturated carbocycles. The molecular formula is C29H33F2IN2O3. The Kier molecular flexibility index (Phi) is 10.4. The van der Waals surface area contributed by atoms with Gasteiger partial charge in [-0.2, -0.15) is 0 Å². The van der Waals surface area contributed by atoms with E-state index in [1.165, 1.54) is 12.1 Å². The molecule has 0 bridgehead atoms. The van der Waals surface area contributed by atoms with Gasteiger partial charge in [0.15, 0.2) is 0 Å². The van der Waals surface area contributed by atoms with Gasteiger partial charge in [0, 0.05) is 22.7 Å². The van der Waals surface area contributed by atoms with Crippen LogP contribution in [0.15, 0.2) is 54.6 Å². The zero-order valence-electron chi connectivity index (χ0n) is 21.2. The number of benzene rings is 3. The number of aliphatic hydroxyl groups excluding tert-OH is 1. The quantitative estimate of drug-likeness (QED) is 0.224. The Morgan fingerprint density at radius 2 is 1.73 bits per heavy atom. The summed E-state index contributed by atoms with van der Waals surface area (Å²) in [5.74, 6) is -1.49. The second-order valence-corrected chi connectivity index (χ2v) is 10.9. The van der Waals surface area contributed by atoms with E-state index in [1.807, 2.05) is 51.1 Å². The van der Waals surface area contributed by atoms with E-state index in [4.69, 9.17) is 0 Å². The molecule has 37 heavy (non-hydrogen) atoms. The van der Waals surface area contributed by atoms with Crippen molar-refractivity contribution in [1.29, 1.82) is 0 Å². The van der Waals surface area contributed by atoms with Gasteiger partial charge in [-0.25, -0.2) is 8.78 Å². The van der Waals surface area contributed by atoms with Gasteiger partial charge in [0.1, 0.15) is 17.4 Å². The molecule has 3 aromatic rings. The van der Waals surface area contributed by atoms with Gasteiger partial charge in [0.05, 0.1) is 18.6 Å². The molecule has 0 heterocycles. The molecule has 0 aliphatic rings. The molecule has 3 rings (SSSR count). The highest BCUT2D eigenvalue weighted by Crippen LogP contribution is 2.29. The van der Waals surface area contributed by atoms with Gasteiger partial charge in [0.2, 0.25) is 5.91 Å². The highest BCUT2D eigenvalue weighted by atomic mass is 127. The summed E-state index contributed by atoms with van der Waals surface area (Å²) in [6, 6.07) is 13.8. The third-order valence-corrected chi connectivity index (χ3v) is 6.89. The molecule has 5 nitrogen and oxygen atoms in total. The molecule has 0 unspecified atom stereocenters. The smallest absolute Gasteiger partial charge is 0.224 e. The molecule has 0 aliphatic carbocycles. The minimum absolute atomic E-state index is 0.0441. The fraction of sp³-hybridized carbons (Fsp3) is 0.345. The Bertz CT molecular complexity index is 1220. The number of hydrogen-bond acceptors (Lipinski definition) is 4. The largest absolute Gasteiger partial charge is 0.508 e. The number of carbonyl (C=O) groups is 1. The Morgan fingerprint density at radius 1 is 1.03 bits per heavy atom. The van der Waals surface area contributed by atoms with E-state index in [9.17, 15) is 23.8 Å². The Balaban J connectivity index is 1.73. The summed E-state index contributed by atoms with van der Waals surface area (Å²) in [5, 5.41) is 27.2. The normalized spacial score (nSPS) is 13.0. The molecule has 2 atom stereocenters. The van der Waals surface area contributed by atoms with E-state index < -0.39 is 23.8 Å². The van der Waals surface area contributed by atoms with Crippen molar-refractivity contribution >= 4 is 28.5 Å². The van der Waals surface area contributed by atoms with Crippen molar-refractivity contribution in [1.82, 2.24) is 10.6 Å². The van der Waals surface area contributed by atoms with Crippen LogP contribution in [0.3, 0.4) is 0 Å². The molecule has 0 fully saturated rings. The summed E-state index contributed by atoms with van der Waals surface area (Å²) in [7, 11) is 0. The standard InChI is InChI=1S/C29H33F2IN2O3/c1-17(2)25-12-21(18(3)7-27(25)35)13-29(37)34-26(11-20-8-22(30)14-23(31)9-20)28(36)16-33-15-19-5-4-6-24(32)10-19/h4-10,12,14,17,26,28,33,35-36H,11,13,15-16H2,1-3H3,(H,34,37)/t26-,28+/m0/s1. The van der Waals surface area contributed by atoms with Crippen LogP contribution in [0.25, 0.3) is 0 Å². The van der Waals surface area contributed by atoms with Gasteiger partial charge < -0.3 is 20.8 Å². The van der Waals surface area contributed by atoms with Crippen LogP contribution >= 0.6 is 22.6 Å². The Labute approximate surface area is 230 Å². The number of aryl methyl sites for hydroxylation is 1. The van der Waals surface area contributed by atoms with Crippen LogP contribution in [0, 0.1) is 22.1 Å². The minimum Gasteiger partial charge on any atom is -0.508 e. The lowest BCUT2D eigenvalue weighted by Crippen LogP contribution is -2.49. The maximum absolute atomic E-state index is 13.8. The van der Waals surface area contributed by atoms with Crippen molar-refractivity contribution in [3.63, 3.8) is 0 Å². The van der Waals surface area contributed by atoms with Gasteiger partial charge in [-0.1, -0.05) is 32.0 Å². The zero-order chi connectivity index (χ0) is 27.1. The number of aromatic hydroxyl groups is 1. The maximum atomic E-state index is 13.8. The number of aliphatic hydroxyl groups is 1. The number of carbonyl (C=O) groups excluding carboxylic acids is 1. The fourth-order valence-electron chi connectivity index (χ4n) is 4.26. The van der Waals surface area contributed by atoms with Crippen LogP contribution in [0.4, 0.5) is 8.78 Å². The maximum Gasteiger partial charge on any atom is 0.224 e. The predicted octanol–water partition coefficient (Wildman–Crippen LogP) is 5.13. The van der Waals surface area contributed by atoms with E-state index in [0.717, 1.165) is 31.9 Å². The van der Waals surface area contributed by atoms with Gasteiger partial charge >= 0.3 is 0 Å². The predicted molar refractivity (Wildman–Crippen MR) is 150 cm³/mol. The summed E-state index contributed by atoms with van der Waals surface area (Å²) in [4.78, 5) is 13.0. The van der Waals surface area contributed by atoms with E-state index in [1.54, 1.807) is 6.07 Å². The summed E-state index contributed by atoms with van der Waals surface area (Å²) in [6.45, 7) is 6.44. The molecule has 1 amide bonds. The van der Waals surface area contributed by atoms with Gasteiger partial charge in [-0.15, -0.1) is 0 Å². The molecule has 0 radical (unpaired) electrons. The first kappa shape index (κ1) is 29.0. The van der Waals surface area contributed by atoms with E-state index in [0.29, 0.717) is 12.1 Å². The van der Waals surface area contributed by atoms with Crippen LogP contribution in [0.2, 0.25) is 0 Å². The number of halogens is 3. The SMILES string of the molecule is Cc1cc(O)c(C(C)C)cc1CC(=O)N[C@@H](Cc1cc(F)cc(F)c1)[C@H](O)CNCc1cccc(I)c1. The average Bonchev–Trinajstić information content (AvgIpc) is 2.79. The molecule has 0 aromatic heterocycles. The lowest BCUT2D eigenvalue weighted by Gasteiger charge is -2.25. The number of nitrogens with one attached hydrogen (secondary N) is 2. The van der Waals surface area contributed by atoms with Crippen LogP contribution in [-0.4, -0.2) is 34.8 Å². The molecule has 198 valence electrons. The van der Waals surface area contributed by atoms with Crippen molar-refractivity contribution in [3.8, 4) is 5.75 Å². The molecule has 8 heteroatoms. The van der Waals surface area contributed by atoms with Crippen molar-refractivity contribution in [2.75, 3.05) is 6.54 Å². The van der Waals surface area contributed by atoms with Crippen molar-refractivity contribution in [2.24, 2.45) is 0 Å². The second kappa shape index (κ2) is 13.3. The van der Waals surface area contributed by atoms with Gasteiger partial charge in [-0.3, -0.25) is 4.79 Å². The Hall–Kier alpha value is -2.56. The number of phenols is 1. The lowest BCUT2D eigenvalue weighted by atomic mass is 9.94. The van der Waals surface area contributed by atoms with Crippen molar-refractivity contribution in [3.05, 3.63) is 97.6 Å². The fourth-order valence-corrected chi connectivity index (χ4v) is 4.87. The molecule has 0 saturated heterocycles. The van der Waals surface area contributed by atoms with Crippen molar-refractivity contribution < 1.29 is 23.8 Å². The number of phenolic OH excluding ortho intramolecular Hbond substituents is 1. The van der Waals surface area contributed by atoms with Gasteiger partial charge in [0.25, 0.3) is 0 Å². The summed E-state index contributed by atoms with van der Waals surface area (Å²) >= 11 is 2.23. The first-order chi connectivity index (χ1) is 17.5. The molecule has 0 spiro atoms. The van der Waals surface area contributed by atoms with E-state index in [-0.39, 0.29) is 37.0 Å². The summed E-state index contributed by atoms with van der Waals surface area (Å²) < 4.78 is 28.7. The first-order valence-corrected chi connectivity index (χ1v) is 13.3. The van der Waals surface area contributed by atoms with Crippen LogP contribution in [0.1, 0.15) is 47.6 Å². The second-order valence-electron chi connectivity index (χ2n) is 9.65. The molecule has 4 N–H and O–H groups in total. The van der Waals surface area contributed by atoms with Crippen LogP contribution < -0.4 is 10.6 Å².